The molecule has 21 heavy (non-hydrogen) atoms. The Hall–Kier alpha value is 0.00312. The van der Waals surface area contributed by atoms with E-state index in [-0.39, 0.29) is 0 Å². The molecule has 3 heteroatoms. The Morgan fingerprint density at radius 3 is 0.905 bits per heavy atom. The predicted octanol–water partition coefficient (Wildman–Crippen LogP) is 3.97. The fraction of sp³-hybridized carbons (Fsp3) is 0. The summed E-state index contributed by atoms with van der Waals surface area (Å²) in [4.78, 5) is 0. The molecule has 0 aliphatic heterocycles. The van der Waals surface area contributed by atoms with Crippen LogP contribution in [0.25, 0.3) is 0 Å². The van der Waals surface area contributed by atoms with Crippen LogP contribution in [-0.2, 0) is 0 Å². The van der Waals surface area contributed by atoms with Crippen LogP contribution in [-0.4, -0.2) is 10.4 Å². The van der Waals surface area contributed by atoms with E-state index in [0.717, 1.165) is 0 Å². The molecule has 106 valence electrons. The molecule has 0 aromatic heterocycles. The Kier molecular flexibility index (Phi) is 4.72. The molecule has 0 aliphatic carbocycles. The van der Waals surface area contributed by atoms with Gasteiger partial charge in [0.15, 0.2) is 0 Å². The van der Waals surface area contributed by atoms with Gasteiger partial charge in [-0.15, -0.1) is 0 Å². The van der Waals surface area contributed by atoms with E-state index in [1.165, 1.54) is 9.81 Å². The van der Waals surface area contributed by atoms with Crippen molar-refractivity contribution in [2.24, 2.45) is 0 Å². The van der Waals surface area contributed by atoms with Crippen molar-refractivity contribution in [2.45, 2.75) is 0 Å². The van der Waals surface area contributed by atoms with Gasteiger partial charge in [-0.05, 0) is 0 Å². The van der Waals surface area contributed by atoms with E-state index in [4.69, 9.17) is 0 Å². The Morgan fingerprint density at radius 2 is 0.667 bits per heavy atom. The molecule has 0 saturated carbocycles. The van der Waals surface area contributed by atoms with Crippen molar-refractivity contribution in [3.05, 3.63) is 91.0 Å². The number of halogens is 2. The minimum atomic E-state index is -3.57. The summed E-state index contributed by atoms with van der Waals surface area (Å²) in [6.45, 7) is 0. The van der Waals surface area contributed by atoms with Crippen molar-refractivity contribution in [3.63, 3.8) is 0 Å². The van der Waals surface area contributed by atoms with Gasteiger partial charge >= 0.3 is 147 Å². The normalized spacial score (nSPS) is 13.3. The van der Waals surface area contributed by atoms with Gasteiger partial charge in [-0.2, -0.15) is 0 Å². The number of benzene rings is 3. The first-order valence-corrected chi connectivity index (χ1v) is 31.5. The van der Waals surface area contributed by atoms with E-state index in [1.807, 2.05) is 0 Å². The van der Waals surface area contributed by atoms with Gasteiger partial charge < -0.3 is 0 Å². The van der Waals surface area contributed by atoms with E-state index in [0.29, 0.717) is 0 Å². The molecule has 0 spiro atoms. The molecule has 0 heterocycles. The Balaban J connectivity index is 2.36. The summed E-state index contributed by atoms with van der Waals surface area (Å²) >= 11 is 5.61. The zero-order chi connectivity index (χ0) is 14.8. The van der Waals surface area contributed by atoms with Crippen LogP contribution in [0.15, 0.2) is 91.0 Å². The predicted molar refractivity (Wildman–Crippen MR) is 112 cm³/mol. The summed E-state index contributed by atoms with van der Waals surface area (Å²) in [5.74, 6) is 0. The average molecular weight is 694 g/mol. The molecule has 3 aromatic carbocycles. The topological polar surface area (TPSA) is 0 Å². The maximum absolute atomic E-state index is 3.57. The molecular formula is C18H15BiI2. The van der Waals surface area contributed by atoms with E-state index >= 15 is 0 Å². The summed E-state index contributed by atoms with van der Waals surface area (Å²) < 4.78 is 4.46. The molecule has 0 N–H and O–H groups in total. The summed E-state index contributed by atoms with van der Waals surface area (Å²) in [7, 11) is -3.57. The van der Waals surface area contributed by atoms with Gasteiger partial charge in [0.1, 0.15) is 0 Å². The second-order valence-electron chi connectivity index (χ2n) is 4.91. The van der Waals surface area contributed by atoms with E-state index in [1.54, 1.807) is 0 Å². The molecule has 0 amide bonds. The molecule has 3 aromatic rings. The summed E-state index contributed by atoms with van der Waals surface area (Å²) in [5, 5.41) is 0. The third-order valence-electron chi connectivity index (χ3n) is 3.63. The Bertz CT molecular complexity index is 622. The number of rotatable bonds is 3. The van der Waals surface area contributed by atoms with Gasteiger partial charge in [0, 0.05) is 0 Å². The molecular weight excluding hydrogens is 679 g/mol. The van der Waals surface area contributed by atoms with Crippen molar-refractivity contribution >= 4 is 56.3 Å². The molecule has 0 bridgehead atoms. The fourth-order valence-electron chi connectivity index (χ4n) is 2.52. The Morgan fingerprint density at radius 1 is 0.429 bits per heavy atom. The van der Waals surface area contributed by atoms with Gasteiger partial charge in [0.25, 0.3) is 0 Å². The molecule has 3 rings (SSSR count). The monoisotopic (exact) mass is 694 g/mol. The first kappa shape index (κ1) is 15.9. The first-order valence-electron chi connectivity index (χ1n) is 6.74. The zero-order valence-electron chi connectivity index (χ0n) is 11.4. The van der Waals surface area contributed by atoms with Gasteiger partial charge in [-0.1, -0.05) is 0 Å². The molecule has 0 radical (unpaired) electrons. The van der Waals surface area contributed by atoms with Crippen molar-refractivity contribution in [1.29, 1.82) is 0 Å². The van der Waals surface area contributed by atoms with Crippen LogP contribution in [0, 0.1) is 0 Å². The zero-order valence-corrected chi connectivity index (χ0v) is 19.2. The van der Waals surface area contributed by atoms with Crippen LogP contribution in [0.3, 0.4) is 0 Å². The van der Waals surface area contributed by atoms with E-state index < -0.39 is 10.4 Å². The van der Waals surface area contributed by atoms with Crippen molar-refractivity contribution in [1.82, 2.24) is 0 Å². The average Bonchev–Trinajstić information content (AvgIpc) is 2.57. The maximum atomic E-state index is 2.81. The van der Waals surface area contributed by atoms with Crippen molar-refractivity contribution < 1.29 is 0 Å². The minimum absolute atomic E-state index is 1.49. The van der Waals surface area contributed by atoms with E-state index in [9.17, 15) is 0 Å². The van der Waals surface area contributed by atoms with Crippen LogP contribution < -0.4 is 9.81 Å². The van der Waals surface area contributed by atoms with Crippen LogP contribution in [0.1, 0.15) is 0 Å². The quantitative estimate of drug-likeness (QED) is 0.288. The van der Waals surface area contributed by atoms with Gasteiger partial charge in [-0.25, -0.2) is 0 Å². The number of hydrogen-bond acceptors (Lipinski definition) is 0. The summed E-state index contributed by atoms with van der Waals surface area (Å²) in [5.41, 5.74) is 0. The fourth-order valence-corrected chi connectivity index (χ4v) is 31.0. The van der Waals surface area contributed by atoms with Crippen molar-refractivity contribution in [3.8, 4) is 0 Å². The van der Waals surface area contributed by atoms with Crippen LogP contribution in [0.4, 0.5) is 0 Å². The molecule has 0 atom stereocenters. The third kappa shape index (κ3) is 2.81. The second kappa shape index (κ2) is 6.25. The van der Waals surface area contributed by atoms with Crippen LogP contribution in [0.5, 0.6) is 0 Å². The van der Waals surface area contributed by atoms with Gasteiger partial charge in [-0.3, -0.25) is 0 Å². The molecule has 0 saturated heterocycles. The SMILES string of the molecule is [I][Bi]([I])([c]1ccccc1)([c]1ccccc1)[c]1ccccc1. The van der Waals surface area contributed by atoms with Gasteiger partial charge in [0.2, 0.25) is 0 Å². The van der Waals surface area contributed by atoms with Crippen molar-refractivity contribution in [2.75, 3.05) is 0 Å². The second-order valence-corrected chi connectivity index (χ2v) is 68.0. The van der Waals surface area contributed by atoms with Gasteiger partial charge in [0.05, 0.1) is 0 Å². The molecule has 0 nitrogen and oxygen atoms in total. The van der Waals surface area contributed by atoms with Crippen LogP contribution in [0.2, 0.25) is 0 Å². The Labute approximate surface area is 145 Å². The first-order chi connectivity index (χ1) is 10.1. The summed E-state index contributed by atoms with van der Waals surface area (Å²) in [6.07, 6.45) is 0. The molecule has 0 fully saturated rings. The third-order valence-corrected chi connectivity index (χ3v) is 47.0. The standard InChI is InChI=1S/3C6H5.Bi.2HI/c3*1-2-4-6-5-3-1;;;/h3*1-5H;;2*1H/q;;;+2;;/p-2. The van der Waals surface area contributed by atoms with E-state index in [2.05, 4.69) is 127 Å². The van der Waals surface area contributed by atoms with Crippen LogP contribution >= 0.6 is 36.1 Å². The number of hydrogen-bond donors (Lipinski definition) is 0. The summed E-state index contributed by atoms with van der Waals surface area (Å²) in [6, 6.07) is 33.0. The molecule has 0 unspecified atom stereocenters. The molecule has 0 aliphatic rings.